The van der Waals surface area contributed by atoms with Gasteiger partial charge in [0.25, 0.3) is 5.91 Å². The quantitative estimate of drug-likeness (QED) is 0.848. The molecule has 2 rings (SSSR count). The lowest BCUT2D eigenvalue weighted by molar-refractivity contribution is -0.134. The zero-order valence-electron chi connectivity index (χ0n) is 10.8. The average Bonchev–Trinajstić information content (AvgIpc) is 2.38. The average molecular weight is 341 g/mol. The number of nitrogens with zero attached hydrogens (tertiary/aromatic N) is 1. The molecule has 1 aliphatic rings. The van der Waals surface area contributed by atoms with Gasteiger partial charge in [-0.15, -0.1) is 0 Å². The second-order valence-corrected chi connectivity index (χ2v) is 5.68. The van der Waals surface area contributed by atoms with Crippen LogP contribution in [0.15, 0.2) is 12.1 Å². The summed E-state index contributed by atoms with van der Waals surface area (Å²) in [4.78, 5) is 13.8. The highest BCUT2D eigenvalue weighted by molar-refractivity contribution is 6.40. The summed E-state index contributed by atoms with van der Waals surface area (Å²) < 4.78 is 5.42. The molecule has 1 saturated heterocycles. The van der Waals surface area contributed by atoms with Crippen LogP contribution >= 0.6 is 34.8 Å². The number of amides is 1. The Morgan fingerprint density at radius 1 is 1.10 bits per heavy atom. The Hall–Kier alpha value is -0.680. The fourth-order valence-corrected chi connectivity index (χ4v) is 2.96. The predicted molar refractivity (Wildman–Crippen MR) is 81.0 cm³/mol. The minimum absolute atomic E-state index is 0. The maximum atomic E-state index is 11.9. The van der Waals surface area contributed by atoms with Gasteiger partial charge in [0.15, 0.2) is 12.4 Å². The van der Waals surface area contributed by atoms with E-state index >= 15 is 0 Å². The first kappa shape index (κ1) is 17.4. The molecule has 2 N–H and O–H groups in total. The molecule has 1 aromatic rings. The molecule has 1 aliphatic heterocycles. The van der Waals surface area contributed by atoms with E-state index in [0.717, 1.165) is 25.9 Å². The molecule has 1 fully saturated rings. The van der Waals surface area contributed by atoms with Gasteiger partial charge in [-0.05, 0) is 31.4 Å². The second-order valence-electron chi connectivity index (χ2n) is 4.43. The van der Waals surface area contributed by atoms with E-state index in [0.29, 0.717) is 20.8 Å². The number of hydrogen-bond donors (Lipinski definition) is 0. The number of ether oxygens (including phenoxy) is 1. The van der Waals surface area contributed by atoms with Crippen molar-refractivity contribution in [1.82, 2.24) is 4.90 Å². The number of carbonyl (C=O) groups is 1. The minimum Gasteiger partial charge on any atom is -0.481 e. The van der Waals surface area contributed by atoms with E-state index < -0.39 is 0 Å². The van der Waals surface area contributed by atoms with Crippen LogP contribution in [0.5, 0.6) is 5.75 Å². The van der Waals surface area contributed by atoms with E-state index in [9.17, 15) is 4.79 Å². The summed E-state index contributed by atoms with van der Waals surface area (Å²) >= 11 is 17.8. The molecule has 0 saturated carbocycles. The number of likely N-dealkylation sites (tertiary alicyclic amines) is 1. The van der Waals surface area contributed by atoms with Gasteiger partial charge in [-0.3, -0.25) is 4.79 Å². The van der Waals surface area contributed by atoms with Crippen molar-refractivity contribution in [3.8, 4) is 5.75 Å². The van der Waals surface area contributed by atoms with E-state index in [-0.39, 0.29) is 18.0 Å². The van der Waals surface area contributed by atoms with Gasteiger partial charge in [-0.1, -0.05) is 34.8 Å². The van der Waals surface area contributed by atoms with Crippen LogP contribution in [0.4, 0.5) is 0 Å². The number of rotatable bonds is 3. The lowest BCUT2D eigenvalue weighted by Crippen LogP contribution is -2.38. The van der Waals surface area contributed by atoms with Crippen molar-refractivity contribution in [3.05, 3.63) is 27.2 Å². The molecule has 0 atom stereocenters. The lowest BCUT2D eigenvalue weighted by Gasteiger charge is -2.26. The van der Waals surface area contributed by atoms with Crippen LogP contribution < -0.4 is 4.74 Å². The van der Waals surface area contributed by atoms with Crippen molar-refractivity contribution >= 4 is 40.7 Å². The van der Waals surface area contributed by atoms with Crippen LogP contribution in [0.3, 0.4) is 0 Å². The molecule has 1 amide bonds. The van der Waals surface area contributed by atoms with Gasteiger partial charge >= 0.3 is 0 Å². The van der Waals surface area contributed by atoms with Gasteiger partial charge in [-0.2, -0.15) is 0 Å². The molecular weight excluding hydrogens is 325 g/mol. The molecular formula is C13H16Cl3NO3. The fraction of sp³-hybridized carbons (Fsp3) is 0.462. The van der Waals surface area contributed by atoms with Gasteiger partial charge < -0.3 is 15.1 Å². The Kier molecular flexibility index (Phi) is 6.89. The number of hydrogen-bond acceptors (Lipinski definition) is 2. The van der Waals surface area contributed by atoms with Crippen molar-refractivity contribution in [2.24, 2.45) is 0 Å². The van der Waals surface area contributed by atoms with Gasteiger partial charge in [0.2, 0.25) is 0 Å². The summed E-state index contributed by atoms with van der Waals surface area (Å²) in [5.41, 5.74) is 0. The Bertz CT molecular complexity index is 453. The summed E-state index contributed by atoms with van der Waals surface area (Å²) in [6.45, 7) is 1.54. The maximum absolute atomic E-state index is 11.9. The molecule has 4 nitrogen and oxygen atoms in total. The summed E-state index contributed by atoms with van der Waals surface area (Å²) in [5, 5.41) is 1.05. The third-order valence-electron chi connectivity index (χ3n) is 3.01. The van der Waals surface area contributed by atoms with Gasteiger partial charge in [0.1, 0.15) is 0 Å². The first-order valence-corrected chi connectivity index (χ1v) is 7.26. The normalized spacial score (nSPS) is 14.7. The Morgan fingerprint density at radius 3 is 2.20 bits per heavy atom. The standard InChI is InChI=1S/C13H14Cl3NO2.H2O/c14-9-6-10(15)13(11(16)7-9)19-8-12(18)17-4-2-1-3-5-17;/h6-7H,1-5,8H2;1H2. The Labute approximate surface area is 132 Å². The highest BCUT2D eigenvalue weighted by atomic mass is 35.5. The SMILES string of the molecule is O.O=C(COc1c(Cl)cc(Cl)cc1Cl)N1CCCCC1. The highest BCUT2D eigenvalue weighted by Gasteiger charge is 2.18. The van der Waals surface area contributed by atoms with E-state index in [4.69, 9.17) is 39.5 Å². The number of benzene rings is 1. The first-order valence-electron chi connectivity index (χ1n) is 6.13. The van der Waals surface area contributed by atoms with Gasteiger partial charge in [0.05, 0.1) is 10.0 Å². The second kappa shape index (κ2) is 7.93. The van der Waals surface area contributed by atoms with Crippen molar-refractivity contribution in [2.75, 3.05) is 19.7 Å². The molecule has 0 aromatic heterocycles. The van der Waals surface area contributed by atoms with E-state index in [1.165, 1.54) is 18.6 Å². The Morgan fingerprint density at radius 2 is 1.65 bits per heavy atom. The minimum atomic E-state index is -0.0545. The topological polar surface area (TPSA) is 61.0 Å². The van der Waals surface area contributed by atoms with Crippen LogP contribution in [0.1, 0.15) is 19.3 Å². The highest BCUT2D eigenvalue weighted by Crippen LogP contribution is 2.35. The monoisotopic (exact) mass is 339 g/mol. The summed E-state index contributed by atoms with van der Waals surface area (Å²) in [5.74, 6) is 0.264. The molecule has 20 heavy (non-hydrogen) atoms. The third kappa shape index (κ3) is 4.42. The molecule has 0 aliphatic carbocycles. The number of piperidine rings is 1. The molecule has 7 heteroatoms. The van der Waals surface area contributed by atoms with Crippen LogP contribution in [-0.2, 0) is 4.79 Å². The van der Waals surface area contributed by atoms with E-state index in [1.807, 2.05) is 0 Å². The van der Waals surface area contributed by atoms with Gasteiger partial charge in [0, 0.05) is 18.1 Å². The summed E-state index contributed by atoms with van der Waals surface area (Å²) in [6.07, 6.45) is 3.28. The van der Waals surface area contributed by atoms with E-state index in [1.54, 1.807) is 4.90 Å². The van der Waals surface area contributed by atoms with Crippen LogP contribution in [0.2, 0.25) is 15.1 Å². The largest absolute Gasteiger partial charge is 0.481 e. The number of carbonyl (C=O) groups excluding carboxylic acids is 1. The van der Waals surface area contributed by atoms with Gasteiger partial charge in [-0.25, -0.2) is 0 Å². The van der Waals surface area contributed by atoms with Crippen molar-refractivity contribution in [2.45, 2.75) is 19.3 Å². The smallest absolute Gasteiger partial charge is 0.260 e. The summed E-state index contributed by atoms with van der Waals surface area (Å²) in [7, 11) is 0. The molecule has 0 unspecified atom stereocenters. The van der Waals surface area contributed by atoms with Crippen molar-refractivity contribution in [3.63, 3.8) is 0 Å². The molecule has 0 spiro atoms. The van der Waals surface area contributed by atoms with Crippen molar-refractivity contribution < 1.29 is 15.0 Å². The van der Waals surface area contributed by atoms with Crippen molar-refractivity contribution in [1.29, 1.82) is 0 Å². The molecule has 1 heterocycles. The van der Waals surface area contributed by atoms with E-state index in [2.05, 4.69) is 0 Å². The predicted octanol–water partition coefficient (Wildman–Crippen LogP) is 3.21. The fourth-order valence-electron chi connectivity index (χ4n) is 2.04. The molecule has 0 bridgehead atoms. The molecule has 112 valence electrons. The third-order valence-corrected chi connectivity index (χ3v) is 3.79. The first-order chi connectivity index (χ1) is 9.08. The van der Waals surface area contributed by atoms with Crippen LogP contribution in [0, 0.1) is 0 Å². The zero-order valence-corrected chi connectivity index (χ0v) is 13.1. The Balaban J connectivity index is 0.00000200. The van der Waals surface area contributed by atoms with Crippen LogP contribution in [-0.4, -0.2) is 36.0 Å². The summed E-state index contributed by atoms with van der Waals surface area (Å²) in [6, 6.07) is 3.07. The van der Waals surface area contributed by atoms with Crippen LogP contribution in [0.25, 0.3) is 0 Å². The zero-order chi connectivity index (χ0) is 13.8. The molecule has 0 radical (unpaired) electrons. The lowest BCUT2D eigenvalue weighted by atomic mass is 10.1. The molecule has 1 aromatic carbocycles. The number of halogens is 3. The maximum Gasteiger partial charge on any atom is 0.260 e.